The Morgan fingerprint density at radius 2 is 1.07 bits per heavy atom. The van der Waals surface area contributed by atoms with Crippen LogP contribution in [-0.4, -0.2) is 11.7 Å². The highest BCUT2D eigenvalue weighted by atomic mass is 16.3. The van der Waals surface area contributed by atoms with Gasteiger partial charge in [-0.15, -0.1) is 0 Å². The molecule has 8 aromatic carbocycles. The number of rotatable bonds is 7. The summed E-state index contributed by atoms with van der Waals surface area (Å²) in [4.78, 5) is 12.6. The fourth-order valence-corrected chi connectivity index (χ4v) is 8.01. The van der Waals surface area contributed by atoms with Crippen molar-refractivity contribution in [3.05, 3.63) is 211 Å². The van der Waals surface area contributed by atoms with Crippen molar-refractivity contribution in [2.75, 3.05) is 4.90 Å². The van der Waals surface area contributed by atoms with E-state index in [-0.39, 0.29) is 6.17 Å². The van der Waals surface area contributed by atoms with Crippen molar-refractivity contribution in [1.29, 1.82) is 0 Å². The minimum atomic E-state index is -0.352. The number of fused-ring (bicyclic) bond motifs is 6. The molecule has 6 heteroatoms. The molecule has 0 fully saturated rings. The van der Waals surface area contributed by atoms with Crippen molar-refractivity contribution >= 4 is 72.6 Å². The van der Waals surface area contributed by atoms with E-state index in [0.717, 1.165) is 88.8 Å². The first-order chi connectivity index (χ1) is 28.2. The molecule has 0 bridgehead atoms. The molecule has 6 nitrogen and oxygen atoms in total. The third-order valence-corrected chi connectivity index (χ3v) is 10.7. The van der Waals surface area contributed by atoms with E-state index in [9.17, 15) is 0 Å². The van der Waals surface area contributed by atoms with Crippen molar-refractivity contribution in [2.45, 2.75) is 6.17 Å². The lowest BCUT2D eigenvalue weighted by molar-refractivity contribution is 0.666. The largest absolute Gasteiger partial charge is 0.456 e. The summed E-state index contributed by atoms with van der Waals surface area (Å²) in [6.45, 7) is 0. The van der Waals surface area contributed by atoms with Gasteiger partial charge in [0.25, 0.3) is 0 Å². The lowest BCUT2D eigenvalue weighted by atomic mass is 10.0. The van der Waals surface area contributed by atoms with Gasteiger partial charge in [0.15, 0.2) is 11.4 Å². The Labute approximate surface area is 328 Å². The molecular formula is C51H34N4O2. The Balaban J connectivity index is 1.17. The number of furan rings is 2. The van der Waals surface area contributed by atoms with Crippen LogP contribution in [0.1, 0.15) is 22.9 Å². The second-order valence-corrected chi connectivity index (χ2v) is 14.2. The van der Waals surface area contributed by atoms with E-state index in [1.165, 1.54) is 0 Å². The highest BCUT2D eigenvalue weighted by molar-refractivity contribution is 6.20. The molecule has 0 saturated carbocycles. The lowest BCUT2D eigenvalue weighted by Crippen LogP contribution is -2.33. The summed E-state index contributed by atoms with van der Waals surface area (Å²) in [5, 5.41) is 7.81. The van der Waals surface area contributed by atoms with Gasteiger partial charge in [-0.25, -0.2) is 9.98 Å². The second-order valence-electron chi connectivity index (χ2n) is 14.2. The highest BCUT2D eigenvalue weighted by Gasteiger charge is 2.27. The third-order valence-electron chi connectivity index (χ3n) is 10.7. The normalized spacial score (nSPS) is 14.1. The van der Waals surface area contributed by atoms with E-state index in [2.05, 4.69) is 138 Å². The van der Waals surface area contributed by atoms with Gasteiger partial charge in [-0.05, 0) is 59.2 Å². The first-order valence-corrected chi connectivity index (χ1v) is 19.1. The topological polar surface area (TPSA) is 66.3 Å². The number of amidine groups is 2. The molecular weight excluding hydrogens is 701 g/mol. The molecule has 0 aliphatic carbocycles. The van der Waals surface area contributed by atoms with Crippen molar-refractivity contribution in [3.63, 3.8) is 0 Å². The van der Waals surface area contributed by atoms with Gasteiger partial charge in [0.05, 0.1) is 16.8 Å². The van der Waals surface area contributed by atoms with Gasteiger partial charge in [0, 0.05) is 33.0 Å². The Bertz CT molecular complexity index is 3150. The van der Waals surface area contributed by atoms with Gasteiger partial charge >= 0.3 is 0 Å². The van der Waals surface area contributed by atoms with Gasteiger partial charge in [-0.3, -0.25) is 0 Å². The summed E-state index contributed by atoms with van der Waals surface area (Å²) in [5.41, 5.74) is 11.1. The Morgan fingerprint density at radius 3 is 1.82 bits per heavy atom. The Morgan fingerprint density at radius 1 is 0.456 bits per heavy atom. The van der Waals surface area contributed by atoms with Gasteiger partial charge < -0.3 is 19.1 Å². The first kappa shape index (κ1) is 32.7. The maximum Gasteiger partial charge on any atom is 0.159 e. The summed E-state index contributed by atoms with van der Waals surface area (Å²) >= 11 is 0. The van der Waals surface area contributed by atoms with E-state index in [1.54, 1.807) is 0 Å². The zero-order valence-electron chi connectivity index (χ0n) is 30.7. The van der Waals surface area contributed by atoms with Gasteiger partial charge in [0.1, 0.15) is 28.8 Å². The summed E-state index contributed by atoms with van der Waals surface area (Å²) in [5.74, 6) is 1.35. The summed E-state index contributed by atoms with van der Waals surface area (Å²) in [6, 6.07) is 66.8. The van der Waals surface area contributed by atoms with E-state index < -0.39 is 0 Å². The fraction of sp³-hybridized carbons (Fsp3) is 0.0196. The van der Waals surface area contributed by atoms with E-state index in [4.69, 9.17) is 18.8 Å². The molecule has 10 aromatic rings. The molecule has 2 aromatic heterocycles. The molecule has 1 aliphatic heterocycles. The average Bonchev–Trinajstić information content (AvgIpc) is 3.87. The molecule has 0 radical (unpaired) electrons. The van der Waals surface area contributed by atoms with Crippen LogP contribution in [0.2, 0.25) is 0 Å². The molecule has 1 aliphatic rings. The molecule has 1 unspecified atom stereocenters. The predicted molar refractivity (Wildman–Crippen MR) is 233 cm³/mol. The molecule has 3 heterocycles. The third kappa shape index (κ3) is 5.74. The van der Waals surface area contributed by atoms with E-state index >= 15 is 0 Å². The van der Waals surface area contributed by atoms with Crippen LogP contribution >= 0.6 is 0 Å². The minimum absolute atomic E-state index is 0.352. The van der Waals surface area contributed by atoms with Crippen LogP contribution in [-0.2, 0) is 0 Å². The van der Waals surface area contributed by atoms with Crippen LogP contribution in [0.5, 0.6) is 0 Å². The Hall–Kier alpha value is -7.70. The molecule has 1 atom stereocenters. The van der Waals surface area contributed by atoms with Gasteiger partial charge in [-0.1, -0.05) is 152 Å². The number of aliphatic imine (C=N–C) groups is 2. The number of hydrogen-bond acceptors (Lipinski definition) is 6. The standard InChI is InChI=1S/C51H34N4O2/c1-4-15-33(16-5-1)34-27-29-38(30-28-34)55(42-24-14-23-40-39-21-10-12-25-44(39)57-48(40)42)43-31-37(32-46-47(43)41-22-11-13-26-45(41)56-46)51-53-49(35-17-6-2-7-18-35)52-50(54-51)36-19-8-3-9-20-36/h1-32,49H,(H,52,53,54). The highest BCUT2D eigenvalue weighted by Crippen LogP contribution is 2.47. The number of hydrogen-bond donors (Lipinski definition) is 1. The zero-order valence-corrected chi connectivity index (χ0v) is 30.7. The maximum absolute atomic E-state index is 6.74. The molecule has 57 heavy (non-hydrogen) atoms. The number of benzene rings is 8. The van der Waals surface area contributed by atoms with E-state index in [1.807, 2.05) is 66.7 Å². The van der Waals surface area contributed by atoms with E-state index in [0.29, 0.717) is 11.7 Å². The maximum atomic E-state index is 6.74. The molecule has 1 N–H and O–H groups in total. The van der Waals surface area contributed by atoms with Gasteiger partial charge in [-0.2, -0.15) is 0 Å². The number of para-hydroxylation sites is 3. The Kier molecular flexibility index (Phi) is 7.78. The van der Waals surface area contributed by atoms with Crippen LogP contribution in [0.4, 0.5) is 17.1 Å². The number of anilines is 3. The van der Waals surface area contributed by atoms with Crippen molar-refractivity contribution in [3.8, 4) is 11.1 Å². The minimum Gasteiger partial charge on any atom is -0.456 e. The summed E-state index contributed by atoms with van der Waals surface area (Å²) < 4.78 is 13.5. The predicted octanol–water partition coefficient (Wildman–Crippen LogP) is 13.1. The fourth-order valence-electron chi connectivity index (χ4n) is 8.01. The second kappa shape index (κ2) is 13.6. The summed E-state index contributed by atoms with van der Waals surface area (Å²) in [7, 11) is 0. The SMILES string of the molecule is c1ccc(C2=NC(c3ccccc3)NC(c3cc(N(c4ccc(-c5ccccc5)cc4)c4cccc5c4oc4ccccc45)c4c(c3)oc3ccccc34)=N2)cc1. The molecule has 0 saturated heterocycles. The average molecular weight is 735 g/mol. The smallest absolute Gasteiger partial charge is 0.159 e. The monoisotopic (exact) mass is 734 g/mol. The number of nitrogens with one attached hydrogen (secondary N) is 1. The summed E-state index contributed by atoms with van der Waals surface area (Å²) in [6.07, 6.45) is -0.352. The quantitative estimate of drug-likeness (QED) is 0.177. The zero-order chi connectivity index (χ0) is 37.7. The molecule has 0 amide bonds. The van der Waals surface area contributed by atoms with Crippen molar-refractivity contribution in [2.24, 2.45) is 9.98 Å². The van der Waals surface area contributed by atoms with Crippen LogP contribution in [0.3, 0.4) is 0 Å². The van der Waals surface area contributed by atoms with Crippen molar-refractivity contribution in [1.82, 2.24) is 5.32 Å². The first-order valence-electron chi connectivity index (χ1n) is 19.1. The van der Waals surface area contributed by atoms with Crippen LogP contribution in [0.25, 0.3) is 55.0 Å². The van der Waals surface area contributed by atoms with Crippen molar-refractivity contribution < 1.29 is 8.83 Å². The van der Waals surface area contributed by atoms with Crippen LogP contribution in [0, 0.1) is 0 Å². The van der Waals surface area contributed by atoms with Crippen LogP contribution < -0.4 is 10.2 Å². The lowest BCUT2D eigenvalue weighted by Gasteiger charge is -2.28. The molecule has 11 rings (SSSR count). The van der Waals surface area contributed by atoms with Crippen LogP contribution in [0.15, 0.2) is 213 Å². The molecule has 0 spiro atoms. The molecule has 270 valence electrons. The van der Waals surface area contributed by atoms with Gasteiger partial charge in [0.2, 0.25) is 0 Å². The number of nitrogens with zero attached hydrogens (tertiary/aromatic N) is 3.